The number of carbonyl (C=O) groups excluding carboxylic acids is 1. The van der Waals surface area contributed by atoms with E-state index < -0.39 is 5.54 Å². The van der Waals surface area contributed by atoms with Gasteiger partial charge in [0.25, 0.3) is 5.89 Å². The molecule has 1 atom stereocenters. The second-order valence-corrected chi connectivity index (χ2v) is 6.54. The molecule has 0 radical (unpaired) electrons. The maximum absolute atomic E-state index is 13.1. The van der Waals surface area contributed by atoms with Crippen LogP contribution in [0.5, 0.6) is 0 Å². The molecule has 2 heterocycles. The van der Waals surface area contributed by atoms with Crippen LogP contribution in [0.1, 0.15) is 32.0 Å². The van der Waals surface area contributed by atoms with E-state index in [2.05, 4.69) is 15.5 Å². The molecule has 1 N–H and O–H groups in total. The van der Waals surface area contributed by atoms with Gasteiger partial charge in [0.15, 0.2) is 5.82 Å². The van der Waals surface area contributed by atoms with E-state index in [1.165, 1.54) is 12.1 Å². The summed E-state index contributed by atoms with van der Waals surface area (Å²) in [6.07, 6.45) is 2.64. The lowest BCUT2D eigenvalue weighted by molar-refractivity contribution is 0.0778. The van der Waals surface area contributed by atoms with Gasteiger partial charge in [0.1, 0.15) is 11.4 Å². The van der Waals surface area contributed by atoms with Crippen molar-refractivity contribution in [1.82, 2.24) is 20.4 Å². The molecule has 1 aromatic carbocycles. The zero-order valence-corrected chi connectivity index (χ0v) is 15.0. The zero-order chi connectivity index (χ0) is 18.6. The Morgan fingerprint density at radius 1 is 1.38 bits per heavy atom. The third kappa shape index (κ3) is 3.70. The fourth-order valence-corrected chi connectivity index (χ4v) is 3.19. The normalized spacial score (nSPS) is 20.2. The zero-order valence-electron chi connectivity index (χ0n) is 15.0. The van der Waals surface area contributed by atoms with Gasteiger partial charge in [-0.1, -0.05) is 5.16 Å². The summed E-state index contributed by atoms with van der Waals surface area (Å²) in [5.41, 5.74) is -0.0161. The average molecular weight is 362 g/mol. The highest BCUT2D eigenvalue weighted by Gasteiger charge is 2.42. The largest absolute Gasteiger partial charge is 0.383 e. The van der Waals surface area contributed by atoms with Crippen molar-refractivity contribution in [3.8, 4) is 11.5 Å². The summed E-state index contributed by atoms with van der Waals surface area (Å²) in [6, 6.07) is 5.70. The number of likely N-dealkylation sites (tertiary alicyclic amines) is 1. The van der Waals surface area contributed by atoms with Crippen LogP contribution in [-0.4, -0.2) is 47.9 Å². The number of urea groups is 1. The third-order valence-corrected chi connectivity index (χ3v) is 4.72. The van der Waals surface area contributed by atoms with Crippen LogP contribution in [0.4, 0.5) is 9.18 Å². The molecule has 8 heteroatoms. The van der Waals surface area contributed by atoms with E-state index in [0.29, 0.717) is 37.0 Å². The van der Waals surface area contributed by atoms with Crippen LogP contribution in [-0.2, 0) is 10.3 Å². The maximum Gasteiger partial charge on any atom is 0.318 e. The second-order valence-electron chi connectivity index (χ2n) is 6.54. The number of methoxy groups -OCH3 is 1. The van der Waals surface area contributed by atoms with Gasteiger partial charge >= 0.3 is 6.03 Å². The number of nitrogens with one attached hydrogen (secondary N) is 1. The van der Waals surface area contributed by atoms with Crippen LogP contribution in [0, 0.1) is 5.82 Å². The number of piperidine rings is 1. The number of nitrogens with zero attached hydrogens (tertiary/aromatic N) is 3. The fourth-order valence-electron chi connectivity index (χ4n) is 3.19. The number of rotatable bonds is 5. The van der Waals surface area contributed by atoms with Crippen molar-refractivity contribution in [3.63, 3.8) is 0 Å². The summed E-state index contributed by atoms with van der Waals surface area (Å²) in [6.45, 7) is 3.46. The summed E-state index contributed by atoms with van der Waals surface area (Å²) >= 11 is 0. The van der Waals surface area contributed by atoms with Crippen LogP contribution >= 0.6 is 0 Å². The molecule has 1 aliphatic rings. The molecule has 1 aromatic heterocycles. The molecule has 0 aliphatic carbocycles. The van der Waals surface area contributed by atoms with Crippen molar-refractivity contribution in [2.75, 3.05) is 26.8 Å². The molecular weight excluding hydrogens is 339 g/mol. The van der Waals surface area contributed by atoms with Gasteiger partial charge in [-0.2, -0.15) is 4.98 Å². The summed E-state index contributed by atoms with van der Waals surface area (Å²) < 4.78 is 23.5. The van der Waals surface area contributed by atoms with Crippen molar-refractivity contribution in [1.29, 1.82) is 0 Å². The minimum absolute atomic E-state index is 0.169. The van der Waals surface area contributed by atoms with E-state index in [4.69, 9.17) is 9.26 Å². The highest BCUT2D eigenvalue weighted by atomic mass is 19.1. The molecule has 1 fully saturated rings. The fraction of sp³-hybridized carbons (Fsp3) is 0.500. The Morgan fingerprint density at radius 3 is 2.88 bits per heavy atom. The molecule has 26 heavy (non-hydrogen) atoms. The number of carbonyl (C=O) groups is 1. The molecule has 1 aliphatic heterocycles. The van der Waals surface area contributed by atoms with Gasteiger partial charge in [0.05, 0.1) is 6.61 Å². The van der Waals surface area contributed by atoms with Gasteiger partial charge in [-0.3, -0.25) is 0 Å². The number of benzene rings is 1. The number of aromatic nitrogens is 2. The van der Waals surface area contributed by atoms with Crippen LogP contribution in [0.25, 0.3) is 11.5 Å². The van der Waals surface area contributed by atoms with Crippen LogP contribution in [0.15, 0.2) is 28.8 Å². The van der Waals surface area contributed by atoms with E-state index in [0.717, 1.165) is 19.3 Å². The first-order valence-corrected chi connectivity index (χ1v) is 8.69. The van der Waals surface area contributed by atoms with Crippen LogP contribution in [0.2, 0.25) is 0 Å². The summed E-state index contributed by atoms with van der Waals surface area (Å²) in [5.74, 6) is 0.441. The second kappa shape index (κ2) is 7.82. The highest BCUT2D eigenvalue weighted by molar-refractivity contribution is 5.75. The monoisotopic (exact) mass is 362 g/mol. The van der Waals surface area contributed by atoms with Crippen molar-refractivity contribution < 1.29 is 18.4 Å². The van der Waals surface area contributed by atoms with E-state index in [-0.39, 0.29) is 11.8 Å². The first kappa shape index (κ1) is 18.3. The van der Waals surface area contributed by atoms with E-state index >= 15 is 0 Å². The molecule has 2 aromatic rings. The van der Waals surface area contributed by atoms with Crippen molar-refractivity contribution in [3.05, 3.63) is 35.9 Å². The Balaban J connectivity index is 1.82. The Morgan fingerprint density at radius 2 is 2.15 bits per heavy atom. The number of halogens is 1. The molecule has 1 saturated heterocycles. The Labute approximate surface area is 151 Å². The molecular formula is C18H23FN4O3. The SMILES string of the molecule is COCCNC(=O)N1CCCCC1(C)c1noc(-c2ccc(F)cc2)n1. The third-order valence-electron chi connectivity index (χ3n) is 4.72. The number of hydrogen-bond donors (Lipinski definition) is 1. The number of amides is 2. The smallest absolute Gasteiger partial charge is 0.318 e. The summed E-state index contributed by atoms with van der Waals surface area (Å²) in [4.78, 5) is 18.9. The standard InChI is InChI=1S/C18H23FN4O3/c1-18(9-3-4-11-23(18)17(24)20-10-12-25-2)16-21-15(26-22-16)13-5-7-14(19)8-6-13/h5-8H,3-4,9-12H2,1-2H3,(H,20,24). The van der Waals surface area contributed by atoms with E-state index in [1.54, 1.807) is 24.1 Å². The van der Waals surface area contributed by atoms with E-state index in [9.17, 15) is 9.18 Å². The van der Waals surface area contributed by atoms with Gasteiger partial charge in [-0.05, 0) is 50.5 Å². The first-order chi connectivity index (χ1) is 12.5. The lowest BCUT2D eigenvalue weighted by atomic mass is 9.88. The Hall–Kier alpha value is -2.48. The first-order valence-electron chi connectivity index (χ1n) is 8.69. The van der Waals surface area contributed by atoms with Crippen LogP contribution in [0.3, 0.4) is 0 Å². The van der Waals surface area contributed by atoms with Crippen molar-refractivity contribution in [2.45, 2.75) is 31.7 Å². The molecule has 0 spiro atoms. The van der Waals surface area contributed by atoms with Gasteiger partial charge < -0.3 is 19.5 Å². The maximum atomic E-state index is 13.1. The van der Waals surface area contributed by atoms with E-state index in [1.807, 2.05) is 6.92 Å². The number of ether oxygens (including phenoxy) is 1. The Kier molecular flexibility index (Phi) is 5.51. The molecule has 1 unspecified atom stereocenters. The molecule has 0 bridgehead atoms. The lowest BCUT2D eigenvalue weighted by Crippen LogP contribution is -2.54. The predicted molar refractivity (Wildman–Crippen MR) is 92.9 cm³/mol. The minimum Gasteiger partial charge on any atom is -0.383 e. The Bertz CT molecular complexity index is 749. The quantitative estimate of drug-likeness (QED) is 0.827. The molecule has 0 saturated carbocycles. The van der Waals surface area contributed by atoms with Crippen molar-refractivity contribution in [2.24, 2.45) is 0 Å². The number of hydrogen-bond acceptors (Lipinski definition) is 5. The topological polar surface area (TPSA) is 80.5 Å². The minimum atomic E-state index is -0.656. The predicted octanol–water partition coefficient (Wildman–Crippen LogP) is 2.93. The van der Waals surface area contributed by atoms with Gasteiger partial charge in [-0.25, -0.2) is 9.18 Å². The van der Waals surface area contributed by atoms with Gasteiger partial charge in [0.2, 0.25) is 0 Å². The van der Waals surface area contributed by atoms with Gasteiger partial charge in [-0.15, -0.1) is 0 Å². The average Bonchev–Trinajstić information content (AvgIpc) is 3.14. The lowest BCUT2D eigenvalue weighted by Gasteiger charge is -2.42. The van der Waals surface area contributed by atoms with Crippen LogP contribution < -0.4 is 5.32 Å². The van der Waals surface area contributed by atoms with Gasteiger partial charge in [0, 0.05) is 25.8 Å². The highest BCUT2D eigenvalue weighted by Crippen LogP contribution is 2.36. The molecule has 3 rings (SSSR count). The molecule has 2 amide bonds. The summed E-state index contributed by atoms with van der Waals surface area (Å²) in [7, 11) is 1.59. The molecule has 140 valence electrons. The van der Waals surface area contributed by atoms with Crippen molar-refractivity contribution >= 4 is 6.03 Å². The summed E-state index contributed by atoms with van der Waals surface area (Å²) in [5, 5.41) is 6.97. The molecule has 7 nitrogen and oxygen atoms in total.